The Kier molecular flexibility index (Phi) is 8.31. The molecule has 0 saturated carbocycles. The highest BCUT2D eigenvalue weighted by molar-refractivity contribution is 5.96. The van der Waals surface area contributed by atoms with Gasteiger partial charge in [0.1, 0.15) is 0 Å². The molecule has 0 aliphatic heterocycles. The zero-order valence-electron chi connectivity index (χ0n) is 17.8. The first-order chi connectivity index (χ1) is 14.6. The van der Waals surface area contributed by atoms with E-state index in [-0.39, 0.29) is 12.3 Å². The van der Waals surface area contributed by atoms with E-state index in [1.54, 1.807) is 75.4 Å². The monoisotopic (exact) mass is 425 g/mol. The Hall–Kier alpha value is -3.68. The lowest BCUT2D eigenvalue weighted by atomic mass is 10.0. The van der Waals surface area contributed by atoms with Crippen LogP contribution in [0.5, 0.6) is 0 Å². The smallest absolute Gasteiger partial charge is 0.321 e. The summed E-state index contributed by atoms with van der Waals surface area (Å²) in [7, 11) is 0. The topological polar surface area (TPSA) is 114 Å². The average molecular weight is 425 g/mol. The summed E-state index contributed by atoms with van der Waals surface area (Å²) in [5, 5.41) is 7.49. The van der Waals surface area contributed by atoms with E-state index >= 15 is 0 Å². The van der Waals surface area contributed by atoms with Crippen LogP contribution in [0.1, 0.15) is 49.2 Å². The minimum absolute atomic E-state index is 0.177. The quantitative estimate of drug-likeness (QED) is 0.590. The summed E-state index contributed by atoms with van der Waals surface area (Å²) in [6, 6.07) is 16.3. The number of hydrogen-bond donors (Lipinski definition) is 3. The Morgan fingerprint density at radius 3 is 2.06 bits per heavy atom. The van der Waals surface area contributed by atoms with Crippen molar-refractivity contribution in [2.45, 2.75) is 38.8 Å². The lowest BCUT2D eigenvalue weighted by Gasteiger charge is -2.20. The third-order valence-electron chi connectivity index (χ3n) is 4.02. The molecule has 0 bridgehead atoms. The molecule has 1 unspecified atom stereocenters. The van der Waals surface area contributed by atoms with Gasteiger partial charge in [0.15, 0.2) is 6.61 Å². The number of nitrogens with one attached hydrogen (secondary N) is 3. The number of rotatable bonds is 7. The molecular weight excluding hydrogens is 398 g/mol. The van der Waals surface area contributed by atoms with Crippen LogP contribution in [0.15, 0.2) is 60.7 Å². The zero-order chi connectivity index (χ0) is 22.9. The van der Waals surface area contributed by atoms with E-state index in [4.69, 9.17) is 4.74 Å². The van der Waals surface area contributed by atoms with E-state index in [0.717, 1.165) is 5.56 Å². The summed E-state index contributed by atoms with van der Waals surface area (Å²) in [5.74, 6) is -1.77. The van der Waals surface area contributed by atoms with Crippen molar-refractivity contribution in [2.75, 3.05) is 6.61 Å². The van der Waals surface area contributed by atoms with Crippen LogP contribution in [0.2, 0.25) is 0 Å². The van der Waals surface area contributed by atoms with Gasteiger partial charge in [0.05, 0.1) is 12.5 Å². The van der Waals surface area contributed by atoms with Gasteiger partial charge in [-0.3, -0.25) is 19.7 Å². The Bertz CT molecular complexity index is 908. The van der Waals surface area contributed by atoms with E-state index in [0.29, 0.717) is 5.56 Å². The molecule has 4 amide bonds. The molecule has 8 heteroatoms. The maximum Gasteiger partial charge on any atom is 0.321 e. The Morgan fingerprint density at radius 1 is 0.903 bits per heavy atom. The first kappa shape index (κ1) is 23.6. The van der Waals surface area contributed by atoms with Gasteiger partial charge in [0, 0.05) is 11.1 Å². The van der Waals surface area contributed by atoms with Gasteiger partial charge in [0.25, 0.3) is 11.8 Å². The Morgan fingerprint density at radius 2 is 1.48 bits per heavy atom. The van der Waals surface area contributed by atoms with Crippen LogP contribution in [0.4, 0.5) is 4.79 Å². The second-order valence-electron chi connectivity index (χ2n) is 7.92. The summed E-state index contributed by atoms with van der Waals surface area (Å²) >= 11 is 0. The molecule has 3 N–H and O–H groups in total. The van der Waals surface area contributed by atoms with Crippen molar-refractivity contribution in [3.8, 4) is 0 Å². The number of imide groups is 1. The van der Waals surface area contributed by atoms with Crippen LogP contribution < -0.4 is 16.0 Å². The standard InChI is InChI=1S/C23H27N3O5/c1-23(2,3)26-22(30)25-19(27)15-31-20(28)14-18(16-10-6-4-7-11-16)24-21(29)17-12-8-5-9-13-17/h4-13,18H,14-15H2,1-3H3,(H,24,29)(H2,25,26,27,30). The number of carbonyl (C=O) groups is 4. The van der Waals surface area contributed by atoms with Crippen LogP contribution in [0.25, 0.3) is 0 Å². The normalized spacial score (nSPS) is 11.7. The molecule has 1 atom stereocenters. The molecule has 0 heterocycles. The van der Waals surface area contributed by atoms with Crippen molar-refractivity contribution in [1.29, 1.82) is 0 Å². The maximum atomic E-state index is 12.5. The lowest BCUT2D eigenvalue weighted by molar-refractivity contribution is -0.148. The van der Waals surface area contributed by atoms with Crippen molar-refractivity contribution in [3.05, 3.63) is 71.8 Å². The number of ether oxygens (including phenoxy) is 1. The predicted molar refractivity (Wildman–Crippen MR) is 115 cm³/mol. The molecule has 0 saturated heterocycles. The molecule has 0 aromatic heterocycles. The van der Waals surface area contributed by atoms with Gasteiger partial charge in [-0.2, -0.15) is 0 Å². The van der Waals surface area contributed by atoms with Crippen molar-refractivity contribution in [1.82, 2.24) is 16.0 Å². The fraction of sp³-hybridized carbons (Fsp3) is 0.304. The zero-order valence-corrected chi connectivity index (χ0v) is 17.8. The number of carbonyl (C=O) groups excluding carboxylic acids is 4. The third kappa shape index (κ3) is 8.69. The number of hydrogen-bond acceptors (Lipinski definition) is 5. The summed E-state index contributed by atoms with van der Waals surface area (Å²) in [6.07, 6.45) is -0.177. The number of urea groups is 1. The molecular formula is C23H27N3O5. The van der Waals surface area contributed by atoms with E-state index in [1.165, 1.54) is 0 Å². The van der Waals surface area contributed by atoms with E-state index in [2.05, 4.69) is 16.0 Å². The molecule has 0 aliphatic rings. The SMILES string of the molecule is CC(C)(C)NC(=O)NC(=O)COC(=O)CC(NC(=O)c1ccccc1)c1ccccc1. The second-order valence-corrected chi connectivity index (χ2v) is 7.92. The van der Waals surface area contributed by atoms with Gasteiger partial charge in [-0.15, -0.1) is 0 Å². The minimum Gasteiger partial charge on any atom is -0.455 e. The molecule has 8 nitrogen and oxygen atoms in total. The second kappa shape index (κ2) is 10.9. The molecule has 0 radical (unpaired) electrons. The summed E-state index contributed by atoms with van der Waals surface area (Å²) in [4.78, 5) is 48.4. The lowest BCUT2D eigenvalue weighted by Crippen LogP contribution is -2.49. The van der Waals surface area contributed by atoms with Crippen molar-refractivity contribution in [2.24, 2.45) is 0 Å². The summed E-state index contributed by atoms with van der Waals surface area (Å²) in [6.45, 7) is 4.70. The molecule has 2 aromatic rings. The first-order valence-corrected chi connectivity index (χ1v) is 9.82. The van der Waals surface area contributed by atoms with E-state index < -0.39 is 36.1 Å². The van der Waals surface area contributed by atoms with Gasteiger partial charge < -0.3 is 15.4 Å². The number of esters is 1. The summed E-state index contributed by atoms with van der Waals surface area (Å²) in [5.41, 5.74) is 0.666. The third-order valence-corrected chi connectivity index (χ3v) is 4.02. The van der Waals surface area contributed by atoms with Crippen molar-refractivity contribution < 1.29 is 23.9 Å². The molecule has 31 heavy (non-hydrogen) atoms. The predicted octanol–water partition coefficient (Wildman–Crippen LogP) is 2.72. The van der Waals surface area contributed by atoms with Crippen LogP contribution >= 0.6 is 0 Å². The summed E-state index contributed by atoms with van der Waals surface area (Å²) < 4.78 is 4.99. The highest BCUT2D eigenvalue weighted by atomic mass is 16.5. The number of amides is 4. The molecule has 2 rings (SSSR count). The molecule has 2 aromatic carbocycles. The van der Waals surface area contributed by atoms with Gasteiger partial charge in [-0.25, -0.2) is 4.79 Å². The van der Waals surface area contributed by atoms with Crippen molar-refractivity contribution in [3.63, 3.8) is 0 Å². The van der Waals surface area contributed by atoms with E-state index in [9.17, 15) is 19.2 Å². The molecule has 0 fully saturated rings. The van der Waals surface area contributed by atoms with Gasteiger partial charge in [0.2, 0.25) is 0 Å². The minimum atomic E-state index is -0.750. The first-order valence-electron chi connectivity index (χ1n) is 9.82. The fourth-order valence-corrected chi connectivity index (χ4v) is 2.67. The van der Waals surface area contributed by atoms with E-state index in [1.807, 2.05) is 6.07 Å². The van der Waals surface area contributed by atoms with Gasteiger partial charge in [-0.1, -0.05) is 48.5 Å². The Balaban J connectivity index is 1.94. The molecule has 164 valence electrons. The van der Waals surface area contributed by atoms with Gasteiger partial charge >= 0.3 is 12.0 Å². The molecule has 0 aliphatic carbocycles. The van der Waals surface area contributed by atoms with Crippen molar-refractivity contribution >= 4 is 23.8 Å². The van der Waals surface area contributed by atoms with Crippen LogP contribution in [-0.2, 0) is 14.3 Å². The van der Waals surface area contributed by atoms with Crippen LogP contribution in [0, 0.1) is 0 Å². The Labute approximate surface area is 181 Å². The maximum absolute atomic E-state index is 12.5. The fourth-order valence-electron chi connectivity index (χ4n) is 2.67. The van der Waals surface area contributed by atoms with Crippen LogP contribution in [0.3, 0.4) is 0 Å². The van der Waals surface area contributed by atoms with Gasteiger partial charge in [-0.05, 0) is 38.5 Å². The average Bonchev–Trinajstić information content (AvgIpc) is 2.71. The highest BCUT2D eigenvalue weighted by Gasteiger charge is 2.21. The van der Waals surface area contributed by atoms with Crippen LogP contribution in [-0.4, -0.2) is 36.0 Å². The highest BCUT2D eigenvalue weighted by Crippen LogP contribution is 2.18. The largest absolute Gasteiger partial charge is 0.455 e. The number of benzene rings is 2. The molecule has 0 spiro atoms.